The van der Waals surface area contributed by atoms with Crippen molar-refractivity contribution in [2.75, 3.05) is 13.1 Å². The van der Waals surface area contributed by atoms with Gasteiger partial charge in [0.05, 0.1) is 17.1 Å². The van der Waals surface area contributed by atoms with Crippen LogP contribution in [0.4, 0.5) is 8.78 Å². The SMILES string of the molecule is N#Cc1ccc(C2=CCN(Cc3ccc4c([nH]c(=O)c5cccn54)c3F)CC2)c(F)c1. The topological polar surface area (TPSA) is 64.3 Å². The molecule has 31 heavy (non-hydrogen) atoms. The molecule has 1 N–H and O–H groups in total. The zero-order valence-electron chi connectivity index (χ0n) is 16.5. The van der Waals surface area contributed by atoms with Crippen molar-refractivity contribution in [1.29, 1.82) is 5.26 Å². The summed E-state index contributed by atoms with van der Waals surface area (Å²) >= 11 is 0. The van der Waals surface area contributed by atoms with Crippen LogP contribution in [-0.2, 0) is 6.54 Å². The molecule has 0 aliphatic carbocycles. The first-order chi connectivity index (χ1) is 15.0. The van der Waals surface area contributed by atoms with Crippen molar-refractivity contribution in [2.45, 2.75) is 13.0 Å². The molecule has 1 aliphatic heterocycles. The first-order valence-electron chi connectivity index (χ1n) is 9.97. The second-order valence-electron chi connectivity index (χ2n) is 7.67. The first kappa shape index (κ1) is 19.2. The number of hydrogen-bond acceptors (Lipinski definition) is 3. The fourth-order valence-corrected chi connectivity index (χ4v) is 4.19. The molecular formula is C24H18F2N4O. The van der Waals surface area contributed by atoms with Crippen LogP contribution in [-0.4, -0.2) is 27.4 Å². The summed E-state index contributed by atoms with van der Waals surface area (Å²) in [7, 11) is 0. The maximum absolute atomic E-state index is 15.2. The van der Waals surface area contributed by atoms with Crippen LogP contribution in [0.25, 0.3) is 22.1 Å². The van der Waals surface area contributed by atoms with E-state index in [2.05, 4.69) is 9.88 Å². The molecule has 4 aromatic rings. The van der Waals surface area contributed by atoms with Crippen LogP contribution in [0.15, 0.2) is 59.5 Å². The van der Waals surface area contributed by atoms with Gasteiger partial charge in [-0.1, -0.05) is 18.2 Å². The number of hydrogen-bond donors (Lipinski definition) is 1. The highest BCUT2D eigenvalue weighted by Crippen LogP contribution is 2.27. The van der Waals surface area contributed by atoms with Crippen LogP contribution in [0.1, 0.15) is 23.1 Å². The van der Waals surface area contributed by atoms with E-state index in [1.165, 1.54) is 6.07 Å². The molecule has 0 fully saturated rings. The Morgan fingerprint density at radius 3 is 2.74 bits per heavy atom. The van der Waals surface area contributed by atoms with E-state index in [0.717, 1.165) is 5.57 Å². The summed E-state index contributed by atoms with van der Waals surface area (Å²) in [4.78, 5) is 17.0. The van der Waals surface area contributed by atoms with Crippen LogP contribution in [0, 0.1) is 23.0 Å². The lowest BCUT2D eigenvalue weighted by Crippen LogP contribution is -2.28. The number of rotatable bonds is 3. The Labute approximate surface area is 176 Å². The summed E-state index contributed by atoms with van der Waals surface area (Å²) in [5.74, 6) is -0.835. The van der Waals surface area contributed by atoms with Gasteiger partial charge in [-0.25, -0.2) is 8.78 Å². The van der Waals surface area contributed by atoms with Gasteiger partial charge < -0.3 is 9.38 Å². The molecule has 154 valence electrons. The van der Waals surface area contributed by atoms with Crippen molar-refractivity contribution in [3.8, 4) is 6.07 Å². The second-order valence-corrected chi connectivity index (χ2v) is 7.67. The van der Waals surface area contributed by atoms with Gasteiger partial charge in [-0.2, -0.15) is 5.26 Å². The number of nitrogens with zero attached hydrogens (tertiary/aromatic N) is 3. The van der Waals surface area contributed by atoms with E-state index in [-0.39, 0.29) is 11.1 Å². The maximum Gasteiger partial charge on any atom is 0.272 e. The molecule has 0 bridgehead atoms. The van der Waals surface area contributed by atoms with Gasteiger partial charge in [0, 0.05) is 37.0 Å². The largest absolute Gasteiger partial charge is 0.316 e. The highest BCUT2D eigenvalue weighted by Gasteiger charge is 2.19. The molecule has 0 saturated heterocycles. The molecule has 0 saturated carbocycles. The van der Waals surface area contributed by atoms with Crippen molar-refractivity contribution in [2.24, 2.45) is 0 Å². The van der Waals surface area contributed by atoms with E-state index in [9.17, 15) is 9.18 Å². The van der Waals surface area contributed by atoms with E-state index in [0.29, 0.717) is 53.8 Å². The summed E-state index contributed by atoms with van der Waals surface area (Å²) in [5.41, 5.74) is 3.13. The van der Waals surface area contributed by atoms with Crippen LogP contribution < -0.4 is 5.56 Å². The van der Waals surface area contributed by atoms with E-state index in [1.807, 2.05) is 18.2 Å². The molecule has 0 unspecified atom stereocenters. The minimum absolute atomic E-state index is 0.194. The average molecular weight is 416 g/mol. The molecule has 1 aliphatic rings. The lowest BCUT2D eigenvalue weighted by atomic mass is 9.97. The van der Waals surface area contributed by atoms with E-state index in [1.54, 1.807) is 40.9 Å². The number of aromatic nitrogens is 2. The molecule has 2 aromatic carbocycles. The standard InChI is InChI=1S/C24H18F2N4O/c25-19-12-15(13-27)3-5-18(19)16-7-10-29(11-8-16)14-17-4-6-20-23(22(17)26)28-24(31)21-2-1-9-30(20)21/h1-7,9,12H,8,10-11,14H2,(H,28,31). The quantitative estimate of drug-likeness (QED) is 0.544. The van der Waals surface area contributed by atoms with Crippen LogP contribution in [0.2, 0.25) is 0 Å². The maximum atomic E-state index is 15.2. The van der Waals surface area contributed by atoms with Crippen molar-refractivity contribution in [3.05, 3.63) is 93.4 Å². The van der Waals surface area contributed by atoms with Crippen LogP contribution >= 0.6 is 0 Å². The Morgan fingerprint density at radius 1 is 1.13 bits per heavy atom. The van der Waals surface area contributed by atoms with Crippen molar-refractivity contribution in [3.63, 3.8) is 0 Å². The Bertz CT molecular complexity index is 1460. The molecule has 0 radical (unpaired) electrons. The molecule has 0 atom stereocenters. The number of nitrogens with one attached hydrogen (secondary N) is 1. The summed E-state index contributed by atoms with van der Waals surface area (Å²) in [6, 6.07) is 13.4. The van der Waals surface area contributed by atoms with Gasteiger partial charge in [0.2, 0.25) is 0 Å². The third-order valence-corrected chi connectivity index (χ3v) is 5.81. The molecule has 7 heteroatoms. The van der Waals surface area contributed by atoms with Crippen molar-refractivity contribution >= 4 is 22.1 Å². The summed E-state index contributed by atoms with van der Waals surface area (Å²) in [5, 5.41) is 8.89. The Hall–Kier alpha value is -3.76. The third-order valence-electron chi connectivity index (χ3n) is 5.81. The summed E-state index contributed by atoms with van der Waals surface area (Å²) < 4.78 is 31.2. The number of halogens is 2. The second kappa shape index (κ2) is 7.49. The number of nitriles is 1. The van der Waals surface area contributed by atoms with Gasteiger partial charge in [0.1, 0.15) is 16.9 Å². The highest BCUT2D eigenvalue weighted by molar-refractivity contribution is 5.79. The van der Waals surface area contributed by atoms with Gasteiger partial charge in [-0.3, -0.25) is 9.69 Å². The number of aromatic amines is 1. The molecule has 3 heterocycles. The molecule has 5 rings (SSSR count). The molecule has 0 spiro atoms. The molecular weight excluding hydrogens is 398 g/mol. The van der Waals surface area contributed by atoms with Gasteiger partial charge in [-0.05, 0) is 42.3 Å². The zero-order valence-corrected chi connectivity index (χ0v) is 16.5. The summed E-state index contributed by atoms with van der Waals surface area (Å²) in [6.07, 6.45) is 4.31. The monoisotopic (exact) mass is 416 g/mol. The predicted octanol–water partition coefficient (Wildman–Crippen LogP) is 4.22. The average Bonchev–Trinajstić information content (AvgIpc) is 3.28. The minimum atomic E-state index is -0.432. The zero-order chi connectivity index (χ0) is 21.5. The molecule has 5 nitrogen and oxygen atoms in total. The van der Waals surface area contributed by atoms with E-state index < -0.39 is 11.6 Å². The Morgan fingerprint density at radius 2 is 2.00 bits per heavy atom. The van der Waals surface area contributed by atoms with E-state index in [4.69, 9.17) is 5.26 Å². The number of H-pyrrole nitrogens is 1. The van der Waals surface area contributed by atoms with Crippen LogP contribution in [0.3, 0.4) is 0 Å². The van der Waals surface area contributed by atoms with Gasteiger partial charge in [-0.15, -0.1) is 0 Å². The van der Waals surface area contributed by atoms with Gasteiger partial charge >= 0.3 is 0 Å². The third kappa shape index (κ3) is 3.31. The normalized spacial score (nSPS) is 14.7. The molecule has 0 amide bonds. The fraction of sp³-hybridized carbons (Fsp3) is 0.167. The van der Waals surface area contributed by atoms with Gasteiger partial charge in [0.15, 0.2) is 5.82 Å². The van der Waals surface area contributed by atoms with Crippen LogP contribution in [0.5, 0.6) is 0 Å². The smallest absolute Gasteiger partial charge is 0.272 e. The fourth-order valence-electron chi connectivity index (χ4n) is 4.19. The first-order valence-corrected chi connectivity index (χ1v) is 9.97. The number of benzene rings is 2. The lowest BCUT2D eigenvalue weighted by Gasteiger charge is -2.27. The van der Waals surface area contributed by atoms with Crippen molar-refractivity contribution in [1.82, 2.24) is 14.3 Å². The molecule has 2 aromatic heterocycles. The Kier molecular flexibility index (Phi) is 4.64. The number of fused-ring (bicyclic) bond motifs is 3. The van der Waals surface area contributed by atoms with Gasteiger partial charge in [0.25, 0.3) is 5.56 Å². The Balaban J connectivity index is 1.40. The van der Waals surface area contributed by atoms with E-state index >= 15 is 4.39 Å². The highest BCUT2D eigenvalue weighted by atomic mass is 19.1. The van der Waals surface area contributed by atoms with Crippen molar-refractivity contribution < 1.29 is 8.78 Å². The lowest BCUT2D eigenvalue weighted by molar-refractivity contribution is 0.289. The summed E-state index contributed by atoms with van der Waals surface area (Å²) in [6.45, 7) is 1.59. The predicted molar refractivity (Wildman–Crippen MR) is 114 cm³/mol. The minimum Gasteiger partial charge on any atom is -0.316 e.